The third kappa shape index (κ3) is 3.38. The molecular formula is C14H12BrN3O3. The number of anilines is 2. The number of benzene rings is 2. The Kier molecular flexibility index (Phi) is 4.23. The van der Waals surface area contributed by atoms with Crippen molar-refractivity contribution in [1.82, 2.24) is 0 Å². The number of nitrogen functional groups attached to an aromatic ring is 1. The highest BCUT2D eigenvalue weighted by molar-refractivity contribution is 9.10. The number of nitro groups is 1. The van der Waals surface area contributed by atoms with Crippen LogP contribution in [-0.2, 0) is 0 Å². The van der Waals surface area contributed by atoms with Gasteiger partial charge in [-0.05, 0) is 36.8 Å². The summed E-state index contributed by atoms with van der Waals surface area (Å²) in [5.74, 6) is -0.492. The van der Waals surface area contributed by atoms with Crippen LogP contribution in [-0.4, -0.2) is 10.8 Å². The lowest BCUT2D eigenvalue weighted by Crippen LogP contribution is -2.15. The number of carbonyl (C=O) groups is 1. The second kappa shape index (κ2) is 5.92. The van der Waals surface area contributed by atoms with E-state index in [0.717, 1.165) is 10.0 Å². The van der Waals surface area contributed by atoms with E-state index >= 15 is 0 Å². The number of hydrogen-bond acceptors (Lipinski definition) is 4. The van der Waals surface area contributed by atoms with Crippen LogP contribution in [0.1, 0.15) is 15.9 Å². The maximum Gasteiger partial charge on any atom is 0.292 e. The molecule has 1 amide bonds. The molecule has 0 aliphatic rings. The third-order valence-electron chi connectivity index (χ3n) is 2.86. The number of nitrogens with one attached hydrogen (secondary N) is 1. The topological polar surface area (TPSA) is 98.3 Å². The van der Waals surface area contributed by atoms with Crippen molar-refractivity contribution in [3.8, 4) is 0 Å². The van der Waals surface area contributed by atoms with Gasteiger partial charge in [-0.15, -0.1) is 0 Å². The van der Waals surface area contributed by atoms with E-state index in [0.29, 0.717) is 0 Å². The molecule has 3 N–H and O–H groups in total. The monoisotopic (exact) mass is 349 g/mol. The lowest BCUT2D eigenvalue weighted by molar-refractivity contribution is -0.383. The Morgan fingerprint density at radius 3 is 2.62 bits per heavy atom. The molecular weight excluding hydrogens is 338 g/mol. The van der Waals surface area contributed by atoms with Gasteiger partial charge in [0.2, 0.25) is 0 Å². The Morgan fingerprint density at radius 2 is 2.00 bits per heavy atom. The van der Waals surface area contributed by atoms with Crippen LogP contribution in [0.2, 0.25) is 0 Å². The Hall–Kier alpha value is -2.41. The molecule has 6 nitrogen and oxygen atoms in total. The Morgan fingerprint density at radius 1 is 1.29 bits per heavy atom. The van der Waals surface area contributed by atoms with Gasteiger partial charge in [-0.25, -0.2) is 0 Å². The summed E-state index contributed by atoms with van der Waals surface area (Å²) in [4.78, 5) is 22.6. The van der Waals surface area contributed by atoms with Crippen molar-refractivity contribution in [3.05, 3.63) is 62.1 Å². The van der Waals surface area contributed by atoms with Crippen LogP contribution in [0.5, 0.6) is 0 Å². The van der Waals surface area contributed by atoms with Gasteiger partial charge in [-0.3, -0.25) is 14.9 Å². The van der Waals surface area contributed by atoms with Gasteiger partial charge in [-0.2, -0.15) is 0 Å². The third-order valence-corrected chi connectivity index (χ3v) is 3.35. The molecule has 0 aromatic heterocycles. The molecule has 0 atom stereocenters. The maximum absolute atomic E-state index is 12.2. The van der Waals surface area contributed by atoms with E-state index in [2.05, 4.69) is 21.2 Å². The van der Waals surface area contributed by atoms with Crippen LogP contribution >= 0.6 is 15.9 Å². The number of hydrogen-bond donors (Lipinski definition) is 2. The highest BCUT2D eigenvalue weighted by atomic mass is 79.9. The number of amides is 1. The second-order valence-electron chi connectivity index (χ2n) is 4.46. The first kappa shape index (κ1) is 15.0. The fourth-order valence-electron chi connectivity index (χ4n) is 1.84. The van der Waals surface area contributed by atoms with Crippen molar-refractivity contribution in [2.45, 2.75) is 6.92 Å². The van der Waals surface area contributed by atoms with E-state index < -0.39 is 10.8 Å². The van der Waals surface area contributed by atoms with Crippen LogP contribution in [0.25, 0.3) is 0 Å². The molecule has 0 spiro atoms. The highest BCUT2D eigenvalue weighted by Crippen LogP contribution is 2.27. The first-order valence-electron chi connectivity index (χ1n) is 6.00. The Labute approximate surface area is 129 Å². The predicted molar refractivity (Wildman–Crippen MR) is 84.3 cm³/mol. The van der Waals surface area contributed by atoms with Gasteiger partial charge in [0.05, 0.1) is 10.5 Å². The van der Waals surface area contributed by atoms with Gasteiger partial charge < -0.3 is 11.1 Å². The molecule has 0 saturated heterocycles. The molecule has 2 rings (SSSR count). The largest absolute Gasteiger partial charge is 0.398 e. The van der Waals surface area contributed by atoms with Gasteiger partial charge in [0.15, 0.2) is 0 Å². The standard InChI is InChI=1S/C14H12BrN3O3/c1-8-2-5-13(18(20)21)12(6-8)17-14(19)10-4-3-9(15)7-11(10)16/h2-7H,16H2,1H3,(H,17,19). The first-order valence-corrected chi connectivity index (χ1v) is 6.79. The average molecular weight is 350 g/mol. The molecule has 21 heavy (non-hydrogen) atoms. The van der Waals surface area contributed by atoms with Gasteiger partial charge in [0.25, 0.3) is 11.6 Å². The van der Waals surface area contributed by atoms with E-state index in [1.165, 1.54) is 6.07 Å². The van der Waals surface area contributed by atoms with Crippen molar-refractivity contribution < 1.29 is 9.72 Å². The Bertz CT molecular complexity index is 731. The summed E-state index contributed by atoms with van der Waals surface area (Å²) in [7, 11) is 0. The van der Waals surface area contributed by atoms with Crippen LogP contribution in [0, 0.1) is 17.0 Å². The van der Waals surface area contributed by atoms with Crippen LogP contribution in [0.3, 0.4) is 0 Å². The molecule has 0 heterocycles. The number of aryl methyl sites for hydroxylation is 1. The predicted octanol–water partition coefficient (Wildman–Crippen LogP) is 3.50. The first-order chi connectivity index (χ1) is 9.88. The SMILES string of the molecule is Cc1ccc([N+](=O)[O-])c(NC(=O)c2ccc(Br)cc2N)c1. The van der Waals surface area contributed by atoms with E-state index in [4.69, 9.17) is 5.73 Å². The van der Waals surface area contributed by atoms with Crippen LogP contribution in [0.15, 0.2) is 40.9 Å². The summed E-state index contributed by atoms with van der Waals surface area (Å²) in [6.07, 6.45) is 0. The van der Waals surface area contributed by atoms with Crippen LogP contribution in [0.4, 0.5) is 17.1 Å². The van der Waals surface area contributed by atoms with E-state index in [1.54, 1.807) is 37.3 Å². The van der Waals surface area contributed by atoms with Crippen molar-refractivity contribution in [2.75, 3.05) is 11.1 Å². The van der Waals surface area contributed by atoms with Crippen molar-refractivity contribution in [2.24, 2.45) is 0 Å². The van der Waals surface area contributed by atoms with Gasteiger partial charge in [0, 0.05) is 16.2 Å². The smallest absolute Gasteiger partial charge is 0.292 e. The second-order valence-corrected chi connectivity index (χ2v) is 5.38. The summed E-state index contributed by atoms with van der Waals surface area (Å²) in [5, 5.41) is 13.5. The quantitative estimate of drug-likeness (QED) is 0.503. The molecule has 0 saturated carbocycles. The molecule has 0 aliphatic carbocycles. The fourth-order valence-corrected chi connectivity index (χ4v) is 2.22. The van der Waals surface area contributed by atoms with Crippen molar-refractivity contribution in [3.63, 3.8) is 0 Å². The van der Waals surface area contributed by atoms with Crippen LogP contribution < -0.4 is 11.1 Å². The molecule has 2 aromatic carbocycles. The number of nitrogens with zero attached hydrogens (tertiary/aromatic N) is 1. The van der Waals surface area contributed by atoms with E-state index in [9.17, 15) is 14.9 Å². The highest BCUT2D eigenvalue weighted by Gasteiger charge is 2.17. The van der Waals surface area contributed by atoms with E-state index in [-0.39, 0.29) is 22.6 Å². The molecule has 108 valence electrons. The normalized spacial score (nSPS) is 10.2. The zero-order valence-corrected chi connectivity index (χ0v) is 12.7. The maximum atomic E-state index is 12.2. The number of carbonyl (C=O) groups excluding carboxylic acids is 1. The summed E-state index contributed by atoms with van der Waals surface area (Å²) in [5.41, 5.74) is 7.11. The molecule has 0 bridgehead atoms. The molecule has 7 heteroatoms. The summed E-state index contributed by atoms with van der Waals surface area (Å²) in [6, 6.07) is 9.34. The number of halogens is 1. The minimum Gasteiger partial charge on any atom is -0.398 e. The summed E-state index contributed by atoms with van der Waals surface area (Å²) in [6.45, 7) is 1.79. The molecule has 0 radical (unpaired) electrons. The van der Waals surface area contributed by atoms with Gasteiger partial charge in [-0.1, -0.05) is 22.0 Å². The fraction of sp³-hybridized carbons (Fsp3) is 0.0714. The average Bonchev–Trinajstić information content (AvgIpc) is 2.37. The van der Waals surface area contributed by atoms with E-state index in [1.807, 2.05) is 0 Å². The number of nitro benzene ring substituents is 1. The number of rotatable bonds is 3. The van der Waals surface area contributed by atoms with Crippen molar-refractivity contribution >= 4 is 38.9 Å². The lowest BCUT2D eigenvalue weighted by Gasteiger charge is -2.09. The minimum atomic E-state index is -0.542. The zero-order chi connectivity index (χ0) is 15.6. The molecule has 0 aliphatic heterocycles. The zero-order valence-electron chi connectivity index (χ0n) is 11.1. The molecule has 0 unspecified atom stereocenters. The van der Waals surface area contributed by atoms with Crippen molar-refractivity contribution in [1.29, 1.82) is 0 Å². The summed E-state index contributed by atoms with van der Waals surface area (Å²) < 4.78 is 0.748. The lowest BCUT2D eigenvalue weighted by atomic mass is 10.1. The number of nitrogens with two attached hydrogens (primary N) is 1. The van der Waals surface area contributed by atoms with Gasteiger partial charge >= 0.3 is 0 Å². The minimum absolute atomic E-state index is 0.146. The van der Waals surface area contributed by atoms with Gasteiger partial charge in [0.1, 0.15) is 5.69 Å². The Balaban J connectivity index is 2.35. The molecule has 2 aromatic rings. The molecule has 0 fully saturated rings. The summed E-state index contributed by atoms with van der Waals surface area (Å²) >= 11 is 3.25.